The first-order valence-corrected chi connectivity index (χ1v) is 8.76. The summed E-state index contributed by atoms with van der Waals surface area (Å²) >= 11 is 0. The molecule has 0 bridgehead atoms. The van der Waals surface area contributed by atoms with Crippen LogP contribution in [0.4, 0.5) is 11.4 Å². The number of carbonyl (C=O) groups excluding carboxylic acids is 1. The van der Waals surface area contributed by atoms with Crippen LogP contribution in [0.3, 0.4) is 0 Å². The van der Waals surface area contributed by atoms with Gasteiger partial charge in [0.15, 0.2) is 0 Å². The van der Waals surface area contributed by atoms with E-state index in [-0.39, 0.29) is 29.5 Å². The van der Waals surface area contributed by atoms with Crippen molar-refractivity contribution in [2.75, 3.05) is 32.0 Å². The molecule has 0 spiro atoms. The van der Waals surface area contributed by atoms with Gasteiger partial charge >= 0.3 is 0 Å². The van der Waals surface area contributed by atoms with Gasteiger partial charge < -0.3 is 16.0 Å². The smallest absolute Gasteiger partial charge is 0.293 e. The van der Waals surface area contributed by atoms with E-state index in [0.717, 1.165) is 19.0 Å². The van der Waals surface area contributed by atoms with Crippen molar-refractivity contribution >= 4 is 27.3 Å². The number of rotatable bonds is 10. The first-order valence-electron chi connectivity index (χ1n) is 7.22. The van der Waals surface area contributed by atoms with Crippen LogP contribution in [-0.2, 0) is 14.8 Å². The van der Waals surface area contributed by atoms with E-state index in [4.69, 9.17) is 5.14 Å². The highest BCUT2D eigenvalue weighted by atomic mass is 32.2. The fourth-order valence-electron chi connectivity index (χ4n) is 1.88. The zero-order valence-corrected chi connectivity index (χ0v) is 14.1. The standard InChI is InChI=1S/C13H21N5O5S/c1-15-6-2-7-17-13(19)5-8-16-11-4-3-10(24(14,22)23)9-12(11)18(20)21/h3-4,9,15-16H,2,5-8H2,1H3,(H,17,19)(H2,14,22,23). The van der Waals surface area contributed by atoms with Crippen molar-refractivity contribution in [3.63, 3.8) is 0 Å². The molecule has 0 radical (unpaired) electrons. The summed E-state index contributed by atoms with van der Waals surface area (Å²) in [6.45, 7) is 1.51. The number of anilines is 1. The first kappa shape index (κ1) is 19.8. The minimum Gasteiger partial charge on any atom is -0.379 e. The van der Waals surface area contributed by atoms with E-state index in [0.29, 0.717) is 6.54 Å². The minimum atomic E-state index is -4.03. The van der Waals surface area contributed by atoms with E-state index in [1.165, 1.54) is 12.1 Å². The van der Waals surface area contributed by atoms with Gasteiger partial charge in [-0.15, -0.1) is 0 Å². The Morgan fingerprint density at radius 2 is 2.00 bits per heavy atom. The zero-order chi connectivity index (χ0) is 18.2. The highest BCUT2D eigenvalue weighted by Gasteiger charge is 2.18. The molecule has 0 aromatic heterocycles. The molecule has 0 aliphatic carbocycles. The second-order valence-corrected chi connectivity index (χ2v) is 6.53. The van der Waals surface area contributed by atoms with E-state index in [1.54, 1.807) is 0 Å². The summed E-state index contributed by atoms with van der Waals surface area (Å²) in [5.41, 5.74) is -0.300. The zero-order valence-electron chi connectivity index (χ0n) is 13.2. The molecule has 0 fully saturated rings. The predicted octanol–water partition coefficient (Wildman–Crippen LogP) is -0.230. The Bertz CT molecular complexity index is 692. The Hall–Kier alpha value is -2.24. The third-order valence-corrected chi connectivity index (χ3v) is 4.00. The second kappa shape index (κ2) is 9.15. The highest BCUT2D eigenvalue weighted by Crippen LogP contribution is 2.27. The Balaban J connectivity index is 2.62. The number of sulfonamides is 1. The lowest BCUT2D eigenvalue weighted by Gasteiger charge is -2.09. The van der Waals surface area contributed by atoms with Gasteiger partial charge in [0, 0.05) is 25.6 Å². The average molecular weight is 359 g/mol. The van der Waals surface area contributed by atoms with Crippen molar-refractivity contribution < 1.29 is 18.1 Å². The molecular formula is C13H21N5O5S. The number of nitrogens with zero attached hydrogens (tertiary/aromatic N) is 1. The van der Waals surface area contributed by atoms with Gasteiger partial charge in [-0.2, -0.15) is 0 Å². The van der Waals surface area contributed by atoms with Crippen LogP contribution in [0.25, 0.3) is 0 Å². The molecule has 1 aromatic rings. The first-order chi connectivity index (χ1) is 11.3. The lowest BCUT2D eigenvalue weighted by atomic mass is 10.2. The van der Waals surface area contributed by atoms with E-state index < -0.39 is 20.6 Å². The monoisotopic (exact) mass is 359 g/mol. The van der Waals surface area contributed by atoms with Crippen LogP contribution in [0.15, 0.2) is 23.1 Å². The minimum absolute atomic E-state index is 0.121. The van der Waals surface area contributed by atoms with E-state index >= 15 is 0 Å². The number of amides is 1. The molecule has 0 unspecified atom stereocenters. The molecule has 1 aromatic carbocycles. The number of nitro groups is 1. The fraction of sp³-hybridized carbons (Fsp3) is 0.462. The van der Waals surface area contributed by atoms with E-state index in [1.807, 2.05) is 7.05 Å². The second-order valence-electron chi connectivity index (χ2n) is 4.96. The van der Waals surface area contributed by atoms with Gasteiger partial charge in [0.1, 0.15) is 5.69 Å². The fourth-order valence-corrected chi connectivity index (χ4v) is 2.41. The van der Waals surface area contributed by atoms with E-state index in [9.17, 15) is 23.3 Å². The third kappa shape index (κ3) is 6.48. The molecule has 134 valence electrons. The van der Waals surface area contributed by atoms with Crippen molar-refractivity contribution in [1.29, 1.82) is 0 Å². The molecule has 0 saturated carbocycles. The highest BCUT2D eigenvalue weighted by molar-refractivity contribution is 7.89. The number of nitrogens with one attached hydrogen (secondary N) is 3. The van der Waals surface area contributed by atoms with Crippen LogP contribution >= 0.6 is 0 Å². The topological polar surface area (TPSA) is 156 Å². The molecule has 0 aliphatic rings. The molecule has 0 atom stereocenters. The van der Waals surface area contributed by atoms with E-state index in [2.05, 4.69) is 16.0 Å². The summed E-state index contributed by atoms with van der Waals surface area (Å²) in [6, 6.07) is 3.31. The molecule has 5 N–H and O–H groups in total. The summed E-state index contributed by atoms with van der Waals surface area (Å²) in [5.74, 6) is -0.178. The number of primary sulfonamides is 1. The molecular weight excluding hydrogens is 338 g/mol. The van der Waals surface area contributed by atoms with Crippen molar-refractivity contribution in [3.05, 3.63) is 28.3 Å². The molecule has 0 heterocycles. The summed E-state index contributed by atoms with van der Waals surface area (Å²) < 4.78 is 22.5. The van der Waals surface area contributed by atoms with Gasteiger partial charge in [0.2, 0.25) is 15.9 Å². The normalized spacial score (nSPS) is 11.1. The Morgan fingerprint density at radius 3 is 2.58 bits per heavy atom. The maximum atomic E-state index is 11.6. The lowest BCUT2D eigenvalue weighted by molar-refractivity contribution is -0.384. The van der Waals surface area contributed by atoms with Crippen molar-refractivity contribution in [2.24, 2.45) is 5.14 Å². The number of nitrogens with two attached hydrogens (primary N) is 1. The predicted molar refractivity (Wildman–Crippen MR) is 89.1 cm³/mol. The van der Waals surface area contributed by atoms with Crippen LogP contribution in [0, 0.1) is 10.1 Å². The Morgan fingerprint density at radius 1 is 1.29 bits per heavy atom. The molecule has 1 amide bonds. The summed E-state index contributed by atoms with van der Waals surface area (Å²) in [4.78, 5) is 21.6. The van der Waals surface area contributed by atoms with Crippen LogP contribution < -0.4 is 21.1 Å². The van der Waals surface area contributed by atoms with Gasteiger partial charge in [-0.05, 0) is 32.1 Å². The van der Waals surface area contributed by atoms with Crippen molar-refractivity contribution in [2.45, 2.75) is 17.7 Å². The number of hydrogen-bond acceptors (Lipinski definition) is 7. The summed E-state index contributed by atoms with van der Waals surface area (Å²) in [5, 5.41) is 24.4. The van der Waals surface area contributed by atoms with Gasteiger partial charge in [-0.3, -0.25) is 14.9 Å². The van der Waals surface area contributed by atoms with Gasteiger partial charge in [-0.1, -0.05) is 0 Å². The number of benzene rings is 1. The molecule has 0 aliphatic heterocycles. The van der Waals surface area contributed by atoms with Crippen LogP contribution in [-0.4, -0.2) is 45.9 Å². The van der Waals surface area contributed by atoms with Crippen LogP contribution in [0.5, 0.6) is 0 Å². The molecule has 24 heavy (non-hydrogen) atoms. The van der Waals surface area contributed by atoms with Crippen LogP contribution in [0.1, 0.15) is 12.8 Å². The number of hydrogen-bond donors (Lipinski definition) is 4. The summed E-state index contributed by atoms with van der Waals surface area (Å²) in [7, 11) is -2.21. The molecule has 1 rings (SSSR count). The average Bonchev–Trinajstić information content (AvgIpc) is 2.50. The molecule has 11 heteroatoms. The largest absolute Gasteiger partial charge is 0.379 e. The molecule has 10 nitrogen and oxygen atoms in total. The number of nitro benzene ring substituents is 1. The maximum Gasteiger partial charge on any atom is 0.293 e. The van der Waals surface area contributed by atoms with Crippen LogP contribution in [0.2, 0.25) is 0 Å². The maximum absolute atomic E-state index is 11.6. The van der Waals surface area contributed by atoms with Gasteiger partial charge in [0.05, 0.1) is 9.82 Å². The molecule has 0 saturated heterocycles. The summed E-state index contributed by atoms with van der Waals surface area (Å²) in [6.07, 6.45) is 0.934. The lowest BCUT2D eigenvalue weighted by Crippen LogP contribution is -2.28. The van der Waals surface area contributed by atoms with Crippen molar-refractivity contribution in [1.82, 2.24) is 10.6 Å². The van der Waals surface area contributed by atoms with Gasteiger partial charge in [-0.25, -0.2) is 13.6 Å². The third-order valence-electron chi connectivity index (χ3n) is 3.09. The number of carbonyl (C=O) groups is 1. The Labute approximate surface area is 140 Å². The Kier molecular flexibility index (Phi) is 7.55. The van der Waals surface area contributed by atoms with Crippen molar-refractivity contribution in [3.8, 4) is 0 Å². The van der Waals surface area contributed by atoms with Gasteiger partial charge in [0.25, 0.3) is 5.69 Å². The SMILES string of the molecule is CNCCCNC(=O)CCNc1ccc(S(N)(=O)=O)cc1[N+](=O)[O-]. The quantitative estimate of drug-likeness (QED) is 0.255.